The van der Waals surface area contributed by atoms with Gasteiger partial charge < -0.3 is 28.9 Å². The van der Waals surface area contributed by atoms with Gasteiger partial charge in [0, 0.05) is 25.2 Å². The molecule has 1 aliphatic rings. The Morgan fingerprint density at radius 1 is 0.864 bits per heavy atom. The van der Waals surface area contributed by atoms with E-state index in [1.807, 2.05) is 25.7 Å². The van der Waals surface area contributed by atoms with E-state index in [1.165, 1.54) is 6.20 Å². The third-order valence-corrected chi connectivity index (χ3v) is 11.8. The fraction of sp³-hybridized carbons (Fsp3) is 0.750. The zero-order valence-electron chi connectivity index (χ0n) is 29.6. The van der Waals surface area contributed by atoms with E-state index in [9.17, 15) is 14.4 Å². The number of rotatable bonds is 5. The van der Waals surface area contributed by atoms with Crippen LogP contribution in [0.4, 0.5) is 25.8 Å². The van der Waals surface area contributed by atoms with Crippen LogP contribution in [0.5, 0.6) is 0 Å². The summed E-state index contributed by atoms with van der Waals surface area (Å²) in [6, 6.07) is 1.28. The van der Waals surface area contributed by atoms with Crippen molar-refractivity contribution in [3.8, 4) is 0 Å². The highest BCUT2D eigenvalue weighted by Gasteiger charge is 2.46. The van der Waals surface area contributed by atoms with Crippen LogP contribution in [0.15, 0.2) is 18.5 Å². The van der Waals surface area contributed by atoms with Gasteiger partial charge >= 0.3 is 18.3 Å². The minimum absolute atomic E-state index is 0.0417. The lowest BCUT2D eigenvalue weighted by Gasteiger charge is -2.48. The molecule has 1 N–H and O–H groups in total. The van der Waals surface area contributed by atoms with E-state index in [1.54, 1.807) is 53.8 Å². The van der Waals surface area contributed by atoms with Gasteiger partial charge in [0.2, 0.25) is 0 Å². The van der Waals surface area contributed by atoms with Crippen LogP contribution in [0.25, 0.3) is 0 Å². The molecule has 1 aromatic rings. The maximum atomic E-state index is 13.5. The Kier molecular flexibility index (Phi) is 11.2. The summed E-state index contributed by atoms with van der Waals surface area (Å²) in [6.45, 7) is 29.7. The van der Waals surface area contributed by atoms with Crippen LogP contribution in [-0.2, 0) is 18.6 Å². The van der Waals surface area contributed by atoms with Crippen LogP contribution in [0, 0.1) is 5.92 Å². The second-order valence-corrected chi connectivity index (χ2v) is 20.9. The SMILES string of the molecule is C[C@H]1CN(c2ccncc2N(C(=O)OC(C)(C)C)C(=O)OC(C)(C)C)CC(NC(=O)OC(C)(C)C)[C@@H]1O[Si](C)(C)C(C)(C)C. The summed E-state index contributed by atoms with van der Waals surface area (Å²) in [5, 5.41) is 3.03. The van der Waals surface area contributed by atoms with Crippen LogP contribution >= 0.6 is 0 Å². The highest BCUT2D eigenvalue weighted by Crippen LogP contribution is 2.40. The molecule has 1 unspecified atom stereocenters. The molecule has 1 aromatic heterocycles. The van der Waals surface area contributed by atoms with Crippen molar-refractivity contribution < 1.29 is 33.0 Å². The van der Waals surface area contributed by atoms with E-state index in [-0.39, 0.29) is 22.7 Å². The first-order valence-corrected chi connectivity index (χ1v) is 18.2. The minimum Gasteiger partial charge on any atom is -0.444 e. The number of amides is 3. The first kappa shape index (κ1) is 37.3. The lowest BCUT2D eigenvalue weighted by molar-refractivity contribution is 0.0336. The predicted octanol–water partition coefficient (Wildman–Crippen LogP) is 7.50. The van der Waals surface area contributed by atoms with Gasteiger partial charge in [0.15, 0.2) is 8.32 Å². The largest absolute Gasteiger partial charge is 0.444 e. The lowest BCUT2D eigenvalue weighted by atomic mass is 9.92. The fourth-order valence-electron chi connectivity index (χ4n) is 4.47. The Labute approximate surface area is 265 Å². The molecule has 0 spiro atoms. The van der Waals surface area contributed by atoms with E-state index in [2.05, 4.69) is 51.1 Å². The quantitative estimate of drug-likeness (QED) is 0.259. The minimum atomic E-state index is -2.23. The Morgan fingerprint density at radius 2 is 1.36 bits per heavy atom. The number of aromatic nitrogens is 1. The van der Waals surface area contributed by atoms with E-state index in [0.29, 0.717) is 18.8 Å². The molecule has 3 atom stereocenters. The maximum absolute atomic E-state index is 13.5. The van der Waals surface area contributed by atoms with E-state index in [4.69, 9.17) is 18.6 Å². The van der Waals surface area contributed by atoms with Crippen molar-refractivity contribution in [3.63, 3.8) is 0 Å². The number of carbonyl (C=O) groups is 3. The number of ether oxygens (including phenoxy) is 3. The second-order valence-electron chi connectivity index (χ2n) is 16.1. The highest BCUT2D eigenvalue weighted by atomic mass is 28.4. The zero-order chi connectivity index (χ0) is 34.1. The molecule has 11 nitrogen and oxygen atoms in total. The molecule has 2 heterocycles. The van der Waals surface area contributed by atoms with E-state index >= 15 is 0 Å². The van der Waals surface area contributed by atoms with Crippen LogP contribution in [-0.4, -0.2) is 73.6 Å². The van der Waals surface area contributed by atoms with Gasteiger partial charge in [-0.2, -0.15) is 4.90 Å². The molecule has 250 valence electrons. The van der Waals surface area contributed by atoms with Gasteiger partial charge in [0.1, 0.15) is 22.5 Å². The van der Waals surface area contributed by atoms with Crippen molar-refractivity contribution in [2.45, 2.75) is 137 Å². The van der Waals surface area contributed by atoms with Crippen molar-refractivity contribution in [2.75, 3.05) is 22.9 Å². The molecule has 1 saturated heterocycles. The number of carbonyl (C=O) groups excluding carboxylic acids is 3. The Morgan fingerprint density at radius 3 is 1.82 bits per heavy atom. The van der Waals surface area contributed by atoms with Gasteiger partial charge in [0.05, 0.1) is 24.0 Å². The normalized spacial score (nSPS) is 20.1. The summed E-state index contributed by atoms with van der Waals surface area (Å²) in [4.78, 5) is 47.2. The Balaban J connectivity index is 2.59. The summed E-state index contributed by atoms with van der Waals surface area (Å²) >= 11 is 0. The first-order chi connectivity index (χ1) is 19.7. The van der Waals surface area contributed by atoms with Crippen molar-refractivity contribution in [1.29, 1.82) is 0 Å². The summed E-state index contributed by atoms with van der Waals surface area (Å²) < 4.78 is 23.8. The molecule has 0 aromatic carbocycles. The average molecular weight is 637 g/mol. The smallest absolute Gasteiger partial charge is 0.424 e. The van der Waals surface area contributed by atoms with Crippen LogP contribution in [0.3, 0.4) is 0 Å². The molecule has 0 saturated carbocycles. The summed E-state index contributed by atoms with van der Waals surface area (Å²) in [6.07, 6.45) is 0.447. The molecule has 44 heavy (non-hydrogen) atoms. The number of nitrogens with zero attached hydrogens (tertiary/aromatic N) is 3. The van der Waals surface area contributed by atoms with E-state index < -0.39 is 49.4 Å². The lowest BCUT2D eigenvalue weighted by Crippen LogP contribution is -2.63. The number of anilines is 2. The topological polar surface area (TPSA) is 120 Å². The number of nitrogens with one attached hydrogen (secondary N) is 1. The summed E-state index contributed by atoms with van der Waals surface area (Å²) in [5.74, 6) is -0.0460. The average Bonchev–Trinajstić information content (AvgIpc) is 2.77. The number of hydrogen-bond donors (Lipinski definition) is 1. The number of pyridine rings is 1. The Hall–Kier alpha value is -2.86. The number of hydrogen-bond acceptors (Lipinski definition) is 9. The van der Waals surface area contributed by atoms with Gasteiger partial charge in [-0.05, 0) is 86.5 Å². The van der Waals surface area contributed by atoms with Gasteiger partial charge in [-0.1, -0.05) is 27.7 Å². The molecule has 0 aliphatic carbocycles. The fourth-order valence-corrected chi connectivity index (χ4v) is 5.90. The molecule has 3 amide bonds. The number of piperidine rings is 1. The molecule has 12 heteroatoms. The van der Waals surface area contributed by atoms with E-state index in [0.717, 1.165) is 4.90 Å². The molecule has 0 bridgehead atoms. The summed E-state index contributed by atoms with van der Waals surface area (Å²) in [7, 11) is -2.23. The van der Waals surface area contributed by atoms with Gasteiger partial charge in [-0.15, -0.1) is 0 Å². The highest BCUT2D eigenvalue weighted by molar-refractivity contribution is 6.74. The molecule has 2 rings (SSSR count). The van der Waals surface area contributed by atoms with Crippen LogP contribution in [0.2, 0.25) is 18.1 Å². The monoisotopic (exact) mass is 636 g/mol. The third kappa shape index (κ3) is 10.6. The molecular formula is C32H56N4O7Si. The zero-order valence-corrected chi connectivity index (χ0v) is 30.6. The van der Waals surface area contributed by atoms with Crippen molar-refractivity contribution in [1.82, 2.24) is 10.3 Å². The molecule has 1 aliphatic heterocycles. The standard InChI is InChI=1S/C32H56N4O7Si/c1-21-19-35(20-22(34-26(37)40-29(2,3)4)25(21)43-44(14,15)32(11,12)13)23-16-17-33-18-24(23)36(27(38)41-30(5,6)7)28(39)42-31(8,9)10/h16-18,21-22,25H,19-20H2,1-15H3,(H,34,37)/t21-,22?,25+/m0/s1. The Bertz CT molecular complexity index is 1150. The van der Waals surface area contributed by atoms with Crippen molar-refractivity contribution in [3.05, 3.63) is 18.5 Å². The van der Waals surface area contributed by atoms with Crippen molar-refractivity contribution >= 4 is 38.0 Å². The number of imide groups is 1. The maximum Gasteiger partial charge on any atom is 0.424 e. The van der Waals surface area contributed by atoms with Gasteiger partial charge in [-0.3, -0.25) is 4.98 Å². The summed E-state index contributed by atoms with van der Waals surface area (Å²) in [5.41, 5.74) is -1.64. The number of alkyl carbamates (subject to hydrolysis) is 1. The molecule has 1 fully saturated rings. The first-order valence-electron chi connectivity index (χ1n) is 15.3. The molecule has 0 radical (unpaired) electrons. The van der Waals surface area contributed by atoms with Crippen LogP contribution in [0.1, 0.15) is 90.0 Å². The third-order valence-electron chi connectivity index (χ3n) is 7.33. The molecular weight excluding hydrogens is 580 g/mol. The van der Waals surface area contributed by atoms with Gasteiger partial charge in [-0.25, -0.2) is 14.4 Å². The van der Waals surface area contributed by atoms with Crippen molar-refractivity contribution in [2.24, 2.45) is 5.92 Å². The van der Waals surface area contributed by atoms with Gasteiger partial charge in [0.25, 0.3) is 0 Å². The second kappa shape index (κ2) is 13.2. The predicted molar refractivity (Wildman–Crippen MR) is 176 cm³/mol. The van der Waals surface area contributed by atoms with Crippen LogP contribution < -0.4 is 15.1 Å².